The van der Waals surface area contributed by atoms with E-state index in [-0.39, 0.29) is 17.7 Å². The van der Waals surface area contributed by atoms with E-state index in [2.05, 4.69) is 10.6 Å². The van der Waals surface area contributed by atoms with Gasteiger partial charge in [-0.1, -0.05) is 25.1 Å². The molecule has 4 rings (SSSR count). The highest BCUT2D eigenvalue weighted by atomic mass is 16.5. The van der Waals surface area contributed by atoms with Crippen LogP contribution in [0.15, 0.2) is 40.8 Å². The first kappa shape index (κ1) is 18.1. The van der Waals surface area contributed by atoms with Crippen molar-refractivity contribution in [2.45, 2.75) is 32.6 Å². The van der Waals surface area contributed by atoms with E-state index in [4.69, 9.17) is 9.15 Å². The zero-order valence-electron chi connectivity index (χ0n) is 16.1. The van der Waals surface area contributed by atoms with E-state index in [9.17, 15) is 9.59 Å². The van der Waals surface area contributed by atoms with Gasteiger partial charge in [-0.25, -0.2) is 0 Å². The maximum Gasteiger partial charge on any atom is 0.225 e. The first-order valence-electron chi connectivity index (χ1n) is 9.31. The Kier molecular flexibility index (Phi) is 4.55. The van der Waals surface area contributed by atoms with Crippen molar-refractivity contribution in [1.82, 2.24) is 0 Å². The number of ether oxygens (including phenoxy) is 1. The van der Waals surface area contributed by atoms with Crippen LogP contribution in [0.5, 0.6) is 5.75 Å². The predicted octanol–water partition coefficient (Wildman–Crippen LogP) is 4.44. The van der Waals surface area contributed by atoms with Crippen molar-refractivity contribution in [3.05, 3.63) is 53.3 Å². The van der Waals surface area contributed by atoms with E-state index in [1.807, 2.05) is 37.3 Å². The Balaban J connectivity index is 1.94. The first-order chi connectivity index (χ1) is 13.5. The van der Waals surface area contributed by atoms with Crippen LogP contribution in [0.2, 0.25) is 0 Å². The molecule has 1 aliphatic rings. The molecule has 0 aliphatic carbocycles. The molecule has 2 amide bonds. The predicted molar refractivity (Wildman–Crippen MR) is 108 cm³/mol. The first-order valence-corrected chi connectivity index (χ1v) is 9.31. The molecule has 28 heavy (non-hydrogen) atoms. The van der Waals surface area contributed by atoms with Crippen LogP contribution in [0, 0.1) is 0 Å². The summed E-state index contributed by atoms with van der Waals surface area (Å²) in [5.41, 5.74) is 4.07. The second-order valence-electron chi connectivity index (χ2n) is 6.91. The normalized spacial score (nSPS) is 15.8. The minimum Gasteiger partial charge on any atom is -0.494 e. The summed E-state index contributed by atoms with van der Waals surface area (Å²) in [4.78, 5) is 24.1. The van der Waals surface area contributed by atoms with Crippen LogP contribution in [0.1, 0.15) is 43.1 Å². The van der Waals surface area contributed by atoms with Crippen molar-refractivity contribution in [2.75, 3.05) is 17.7 Å². The van der Waals surface area contributed by atoms with Crippen molar-refractivity contribution in [3.63, 3.8) is 0 Å². The van der Waals surface area contributed by atoms with Gasteiger partial charge in [0.1, 0.15) is 17.1 Å². The third-order valence-corrected chi connectivity index (χ3v) is 5.10. The number of fused-ring (bicyclic) bond motifs is 2. The maximum atomic E-state index is 12.5. The zero-order chi connectivity index (χ0) is 19.8. The molecular weight excluding hydrogens is 356 g/mol. The van der Waals surface area contributed by atoms with Crippen LogP contribution >= 0.6 is 0 Å². The van der Waals surface area contributed by atoms with Gasteiger partial charge in [0.05, 0.1) is 12.8 Å². The number of anilines is 2. The lowest BCUT2D eigenvalue weighted by Crippen LogP contribution is -2.24. The molecule has 144 valence electrons. The van der Waals surface area contributed by atoms with Crippen LogP contribution in [-0.4, -0.2) is 18.9 Å². The van der Waals surface area contributed by atoms with Gasteiger partial charge in [0, 0.05) is 48.4 Å². The van der Waals surface area contributed by atoms with Gasteiger partial charge in [-0.15, -0.1) is 0 Å². The summed E-state index contributed by atoms with van der Waals surface area (Å²) in [6.07, 6.45) is 1.04. The fourth-order valence-electron chi connectivity index (χ4n) is 3.96. The van der Waals surface area contributed by atoms with Gasteiger partial charge in [0.25, 0.3) is 0 Å². The quantitative estimate of drug-likeness (QED) is 0.703. The molecular formula is C22H22N2O4. The Bertz CT molecular complexity index is 1080. The highest BCUT2D eigenvalue weighted by Gasteiger charge is 2.32. The molecule has 0 spiro atoms. The number of carbonyl (C=O) groups is 2. The van der Waals surface area contributed by atoms with Gasteiger partial charge in [0.2, 0.25) is 11.8 Å². The summed E-state index contributed by atoms with van der Waals surface area (Å²) in [7, 11) is 1.54. The second kappa shape index (κ2) is 7.03. The fraction of sp³-hybridized carbons (Fsp3) is 0.273. The molecule has 0 saturated carbocycles. The van der Waals surface area contributed by atoms with Gasteiger partial charge in [-0.05, 0) is 17.7 Å². The second-order valence-corrected chi connectivity index (χ2v) is 6.91. The molecule has 0 fully saturated rings. The van der Waals surface area contributed by atoms with E-state index in [1.54, 1.807) is 6.07 Å². The Labute approximate surface area is 162 Å². The van der Waals surface area contributed by atoms with Crippen molar-refractivity contribution in [2.24, 2.45) is 0 Å². The van der Waals surface area contributed by atoms with E-state index >= 15 is 0 Å². The Morgan fingerprint density at radius 1 is 1.32 bits per heavy atom. The van der Waals surface area contributed by atoms with Crippen LogP contribution in [0.3, 0.4) is 0 Å². The molecule has 1 aromatic heterocycles. The van der Waals surface area contributed by atoms with Crippen LogP contribution in [0.4, 0.5) is 11.4 Å². The number of hydrogen-bond donors (Lipinski definition) is 2. The number of nitrogens with one attached hydrogen (secondary N) is 2. The third-order valence-electron chi connectivity index (χ3n) is 5.10. The van der Waals surface area contributed by atoms with E-state index in [0.717, 1.165) is 34.3 Å². The lowest BCUT2D eigenvalue weighted by molar-refractivity contribution is -0.117. The maximum absolute atomic E-state index is 12.5. The Morgan fingerprint density at radius 3 is 2.82 bits per heavy atom. The molecule has 6 heteroatoms. The number of methoxy groups -OCH3 is 1. The molecule has 0 radical (unpaired) electrons. The van der Waals surface area contributed by atoms with Crippen molar-refractivity contribution in [1.29, 1.82) is 0 Å². The topological polar surface area (TPSA) is 80.6 Å². The number of benzene rings is 2. The van der Waals surface area contributed by atoms with E-state index in [1.165, 1.54) is 14.0 Å². The molecule has 1 atom stereocenters. The summed E-state index contributed by atoms with van der Waals surface area (Å²) in [5, 5.41) is 6.76. The van der Waals surface area contributed by atoms with Gasteiger partial charge in [0.15, 0.2) is 0 Å². The van der Waals surface area contributed by atoms with Crippen molar-refractivity contribution in [3.8, 4) is 5.75 Å². The number of amides is 2. The smallest absolute Gasteiger partial charge is 0.225 e. The van der Waals surface area contributed by atoms with Crippen LogP contribution in [-0.2, 0) is 16.0 Å². The van der Waals surface area contributed by atoms with Crippen LogP contribution in [0.25, 0.3) is 11.0 Å². The molecule has 6 nitrogen and oxygen atoms in total. The highest BCUT2D eigenvalue weighted by Crippen LogP contribution is 2.45. The number of para-hydroxylation sites is 1. The Hall–Kier alpha value is -3.28. The number of rotatable bonds is 4. The number of hydrogen-bond acceptors (Lipinski definition) is 4. The number of carbonyl (C=O) groups excluding carboxylic acids is 2. The van der Waals surface area contributed by atoms with Gasteiger partial charge < -0.3 is 19.8 Å². The molecule has 2 N–H and O–H groups in total. The molecule has 0 unspecified atom stereocenters. The standard InChI is InChI=1S/C22H22N2O4/c1-4-18-22(13-7-5-6-8-19(13)28-18)15-10-21(26)24-16-11-20(27-3)17(9-14(15)16)23-12(2)25/h5-9,11,15H,4,10H2,1-3H3,(H,23,25)(H,24,26)/t15-/m1/s1. The molecule has 0 saturated heterocycles. The molecule has 0 bridgehead atoms. The molecule has 2 heterocycles. The SMILES string of the molecule is CCc1oc2ccccc2c1[C@@H]1CC(=O)Nc2cc(OC)c(NC(C)=O)cc21. The van der Waals surface area contributed by atoms with E-state index in [0.29, 0.717) is 23.5 Å². The average molecular weight is 378 g/mol. The van der Waals surface area contributed by atoms with Gasteiger partial charge in [-0.3, -0.25) is 9.59 Å². The fourth-order valence-corrected chi connectivity index (χ4v) is 3.96. The highest BCUT2D eigenvalue weighted by molar-refractivity contribution is 5.99. The summed E-state index contributed by atoms with van der Waals surface area (Å²) in [5.74, 6) is 0.976. The minimum absolute atomic E-state index is 0.0563. The van der Waals surface area contributed by atoms with Crippen molar-refractivity contribution < 1.29 is 18.7 Å². The lowest BCUT2D eigenvalue weighted by Gasteiger charge is -2.27. The van der Waals surface area contributed by atoms with Crippen LogP contribution < -0.4 is 15.4 Å². The molecule has 3 aromatic rings. The summed E-state index contributed by atoms with van der Waals surface area (Å²) in [6.45, 7) is 3.50. The van der Waals surface area contributed by atoms with Crippen molar-refractivity contribution >= 4 is 34.2 Å². The summed E-state index contributed by atoms with van der Waals surface area (Å²) in [6, 6.07) is 11.5. The van der Waals surface area contributed by atoms with E-state index < -0.39 is 0 Å². The monoisotopic (exact) mass is 378 g/mol. The van der Waals surface area contributed by atoms with Gasteiger partial charge >= 0.3 is 0 Å². The summed E-state index contributed by atoms with van der Waals surface area (Å²) < 4.78 is 11.5. The average Bonchev–Trinajstić information content (AvgIpc) is 3.05. The third kappa shape index (κ3) is 3.01. The number of furan rings is 1. The minimum atomic E-state index is -0.183. The zero-order valence-corrected chi connectivity index (χ0v) is 16.1. The largest absolute Gasteiger partial charge is 0.494 e. The molecule has 1 aliphatic heterocycles. The summed E-state index contributed by atoms with van der Waals surface area (Å²) >= 11 is 0. The Morgan fingerprint density at radius 2 is 2.11 bits per heavy atom. The number of aryl methyl sites for hydroxylation is 1. The van der Waals surface area contributed by atoms with Gasteiger partial charge in [-0.2, -0.15) is 0 Å². The molecule has 2 aromatic carbocycles. The lowest BCUT2D eigenvalue weighted by atomic mass is 9.82.